The Hall–Kier alpha value is -2.93. The highest BCUT2D eigenvalue weighted by Gasteiger charge is 2.47. The lowest BCUT2D eigenvalue weighted by Gasteiger charge is -2.45. The van der Waals surface area contributed by atoms with Crippen LogP contribution in [0.3, 0.4) is 0 Å². The molecule has 0 spiro atoms. The smallest absolute Gasteiger partial charge is 0.233 e. The van der Waals surface area contributed by atoms with Crippen molar-refractivity contribution < 1.29 is 18.7 Å². The molecule has 6 nitrogen and oxygen atoms in total. The van der Waals surface area contributed by atoms with Crippen molar-refractivity contribution >= 4 is 11.8 Å². The first kappa shape index (κ1) is 26.7. The largest absolute Gasteiger partial charge is 0.493 e. The van der Waals surface area contributed by atoms with Crippen LogP contribution in [0.4, 0.5) is 4.39 Å². The van der Waals surface area contributed by atoms with Crippen molar-refractivity contribution in [3.63, 3.8) is 0 Å². The van der Waals surface area contributed by atoms with Crippen molar-refractivity contribution in [1.82, 2.24) is 14.7 Å². The van der Waals surface area contributed by atoms with E-state index in [1.165, 1.54) is 6.07 Å². The van der Waals surface area contributed by atoms with Gasteiger partial charge in [-0.3, -0.25) is 9.59 Å². The van der Waals surface area contributed by atoms with E-state index in [-0.39, 0.29) is 23.0 Å². The highest BCUT2D eigenvalue weighted by atomic mass is 19.1. The summed E-state index contributed by atoms with van der Waals surface area (Å²) >= 11 is 0. The van der Waals surface area contributed by atoms with Crippen molar-refractivity contribution in [2.45, 2.75) is 50.4 Å². The maximum atomic E-state index is 14.1. The molecule has 2 heterocycles. The number of para-hydroxylation sites is 1. The maximum absolute atomic E-state index is 14.1. The highest BCUT2D eigenvalue weighted by Crippen LogP contribution is 2.45. The van der Waals surface area contributed by atoms with E-state index in [1.807, 2.05) is 46.2 Å². The molecule has 0 aromatic heterocycles. The maximum Gasteiger partial charge on any atom is 0.233 e. The monoisotopic (exact) mass is 521 g/mol. The molecular weight excluding hydrogens is 481 g/mol. The van der Waals surface area contributed by atoms with Crippen LogP contribution >= 0.6 is 0 Å². The number of benzene rings is 2. The molecule has 0 bridgehead atoms. The molecular formula is C31H40FN3O3. The number of rotatable bonds is 7. The second kappa shape index (κ2) is 11.4. The fraction of sp³-hybridized carbons (Fsp3) is 0.548. The van der Waals surface area contributed by atoms with E-state index in [2.05, 4.69) is 11.9 Å². The topological polar surface area (TPSA) is 53.1 Å². The summed E-state index contributed by atoms with van der Waals surface area (Å²) in [6.45, 7) is 4.92. The Morgan fingerprint density at radius 3 is 2.18 bits per heavy atom. The molecule has 2 aromatic rings. The molecule has 3 fully saturated rings. The van der Waals surface area contributed by atoms with Crippen molar-refractivity contribution in [3.05, 3.63) is 66.0 Å². The lowest BCUT2D eigenvalue weighted by Crippen LogP contribution is -2.53. The van der Waals surface area contributed by atoms with Gasteiger partial charge in [0.15, 0.2) is 0 Å². The molecule has 2 amide bonds. The van der Waals surface area contributed by atoms with Gasteiger partial charge in [0.25, 0.3) is 0 Å². The summed E-state index contributed by atoms with van der Waals surface area (Å²) in [5.74, 6) is 0.804. The number of nitrogens with zero attached hydrogens (tertiary/aromatic N) is 3. The molecule has 0 N–H and O–H groups in total. The van der Waals surface area contributed by atoms with Crippen LogP contribution in [0, 0.1) is 11.2 Å². The van der Waals surface area contributed by atoms with Crippen LogP contribution < -0.4 is 4.74 Å². The lowest BCUT2D eigenvalue weighted by molar-refractivity contribution is -0.142. The second-order valence-corrected chi connectivity index (χ2v) is 11.6. The molecule has 3 aliphatic rings. The summed E-state index contributed by atoms with van der Waals surface area (Å²) < 4.78 is 20.4. The number of hydrogen-bond donors (Lipinski definition) is 0. The fourth-order valence-corrected chi connectivity index (χ4v) is 6.49. The number of ether oxygens (including phenoxy) is 1. The average Bonchev–Trinajstić information content (AvgIpc) is 3.44. The summed E-state index contributed by atoms with van der Waals surface area (Å²) in [7, 11) is 2.09. The van der Waals surface area contributed by atoms with Crippen LogP contribution in [-0.2, 0) is 15.0 Å². The summed E-state index contributed by atoms with van der Waals surface area (Å²) in [5, 5.41) is 0. The van der Waals surface area contributed by atoms with E-state index in [0.29, 0.717) is 39.0 Å². The molecule has 0 radical (unpaired) electrons. The van der Waals surface area contributed by atoms with Gasteiger partial charge in [0.1, 0.15) is 11.6 Å². The molecule has 2 aliphatic heterocycles. The number of hydrogen-bond acceptors (Lipinski definition) is 4. The van der Waals surface area contributed by atoms with Crippen molar-refractivity contribution in [1.29, 1.82) is 0 Å². The van der Waals surface area contributed by atoms with Gasteiger partial charge in [-0.1, -0.05) is 43.2 Å². The van der Waals surface area contributed by atoms with Crippen LogP contribution in [0.1, 0.15) is 50.5 Å². The molecule has 0 atom stereocenters. The minimum Gasteiger partial charge on any atom is -0.493 e. The first-order valence-electron chi connectivity index (χ1n) is 14.1. The van der Waals surface area contributed by atoms with Gasteiger partial charge < -0.3 is 19.4 Å². The zero-order chi connectivity index (χ0) is 26.6. The summed E-state index contributed by atoms with van der Waals surface area (Å²) in [6, 6.07) is 16.3. The third-order valence-electron chi connectivity index (χ3n) is 9.03. The zero-order valence-corrected chi connectivity index (χ0v) is 22.5. The van der Waals surface area contributed by atoms with Gasteiger partial charge in [0.2, 0.25) is 11.8 Å². The Bertz CT molecular complexity index is 1100. The number of likely N-dealkylation sites (N-methyl/N-ethyl adjacent to an activating group) is 1. The molecule has 1 aliphatic carbocycles. The normalized spacial score (nSPS) is 21.3. The number of amides is 2. The van der Waals surface area contributed by atoms with Crippen LogP contribution in [0.15, 0.2) is 54.6 Å². The average molecular weight is 522 g/mol. The van der Waals surface area contributed by atoms with Crippen molar-refractivity contribution in [2.24, 2.45) is 5.41 Å². The van der Waals surface area contributed by atoms with Crippen LogP contribution in [0.5, 0.6) is 5.75 Å². The molecule has 38 heavy (non-hydrogen) atoms. The van der Waals surface area contributed by atoms with E-state index in [1.54, 1.807) is 12.1 Å². The zero-order valence-electron chi connectivity index (χ0n) is 22.5. The van der Waals surface area contributed by atoms with Gasteiger partial charge in [-0.2, -0.15) is 0 Å². The molecule has 7 heteroatoms. The van der Waals surface area contributed by atoms with Crippen LogP contribution in [-0.4, -0.2) is 79.4 Å². The predicted octanol–water partition coefficient (Wildman–Crippen LogP) is 4.49. The molecule has 2 saturated heterocycles. The SMILES string of the molecule is CN1CCN(C(=O)CC2(COc3ccccc3)CCN(C(=O)C3(c4cccc(F)c4)CCCC3)CC2)CC1. The first-order valence-corrected chi connectivity index (χ1v) is 14.1. The number of carbonyl (C=O) groups excluding carboxylic acids is 2. The Balaban J connectivity index is 1.31. The lowest BCUT2D eigenvalue weighted by atomic mass is 9.73. The number of carbonyl (C=O) groups is 2. The predicted molar refractivity (Wildman–Crippen MR) is 145 cm³/mol. The number of likely N-dealkylation sites (tertiary alicyclic amines) is 1. The van der Waals surface area contributed by atoms with Gasteiger partial charge in [-0.05, 0) is 62.6 Å². The van der Waals surface area contributed by atoms with Crippen LogP contribution in [0.25, 0.3) is 0 Å². The van der Waals surface area contributed by atoms with Gasteiger partial charge in [-0.15, -0.1) is 0 Å². The Morgan fingerprint density at radius 1 is 0.842 bits per heavy atom. The number of halogens is 1. The Labute approximate surface area is 225 Å². The van der Waals surface area contributed by atoms with Gasteiger partial charge in [-0.25, -0.2) is 4.39 Å². The minimum absolute atomic E-state index is 0.114. The fourth-order valence-electron chi connectivity index (χ4n) is 6.49. The molecule has 204 valence electrons. The molecule has 2 aromatic carbocycles. The van der Waals surface area contributed by atoms with Crippen LogP contribution in [0.2, 0.25) is 0 Å². The Morgan fingerprint density at radius 2 is 1.53 bits per heavy atom. The minimum atomic E-state index is -0.641. The number of piperazine rings is 1. The van der Waals surface area contributed by atoms with E-state index >= 15 is 0 Å². The van der Waals surface area contributed by atoms with Crippen molar-refractivity contribution in [3.8, 4) is 5.75 Å². The molecule has 0 unspecified atom stereocenters. The van der Waals surface area contributed by atoms with Gasteiger partial charge in [0.05, 0.1) is 12.0 Å². The van der Waals surface area contributed by atoms with E-state index in [9.17, 15) is 14.0 Å². The second-order valence-electron chi connectivity index (χ2n) is 11.6. The number of piperidine rings is 1. The van der Waals surface area contributed by atoms with E-state index in [4.69, 9.17) is 4.74 Å². The quantitative estimate of drug-likeness (QED) is 0.539. The standard InChI is InChI=1S/C31H40FN3O3/c1-33-18-20-34(21-19-33)28(36)23-30(24-38-27-10-3-2-4-11-27)14-16-35(17-15-30)29(37)31(12-5-6-13-31)25-8-7-9-26(32)22-25/h2-4,7-11,22H,5-6,12-21,23-24H2,1H3. The molecule has 5 rings (SSSR count). The third-order valence-corrected chi connectivity index (χ3v) is 9.03. The molecule has 1 saturated carbocycles. The highest BCUT2D eigenvalue weighted by molar-refractivity contribution is 5.89. The summed E-state index contributed by atoms with van der Waals surface area (Å²) in [4.78, 5) is 33.6. The van der Waals surface area contributed by atoms with Crippen molar-refractivity contribution in [2.75, 3.05) is 52.9 Å². The third kappa shape index (κ3) is 5.73. The van der Waals surface area contributed by atoms with E-state index < -0.39 is 5.41 Å². The van der Waals surface area contributed by atoms with Gasteiger partial charge in [0, 0.05) is 51.1 Å². The summed E-state index contributed by atoms with van der Waals surface area (Å²) in [5.41, 5.74) is -0.165. The van der Waals surface area contributed by atoms with Gasteiger partial charge >= 0.3 is 0 Å². The Kier molecular flexibility index (Phi) is 8.03. The van der Waals surface area contributed by atoms with E-state index in [0.717, 1.165) is 63.2 Å². The first-order chi connectivity index (χ1) is 18.4. The summed E-state index contributed by atoms with van der Waals surface area (Å²) in [6.07, 6.45) is 5.33.